The average Bonchev–Trinajstić information content (AvgIpc) is 3.09. The summed E-state index contributed by atoms with van der Waals surface area (Å²) in [4.78, 5) is 23.0. The van der Waals surface area contributed by atoms with E-state index in [1.54, 1.807) is 6.08 Å². The molecule has 1 amide bonds. The molecule has 0 spiro atoms. The largest absolute Gasteiger partial charge is 0.472 e. The maximum Gasteiger partial charge on any atom is 0.472 e. The molecule has 0 aromatic rings. The van der Waals surface area contributed by atoms with Gasteiger partial charge in [-0.2, -0.15) is 0 Å². The Morgan fingerprint density at radius 1 is 0.654 bits per heavy atom. The third-order valence-corrected chi connectivity index (χ3v) is 10.0. The normalized spacial score (nSPS) is 15.0. The van der Waals surface area contributed by atoms with Crippen LogP contribution < -0.4 is 5.32 Å². The van der Waals surface area contributed by atoms with E-state index >= 15 is 0 Å². The lowest BCUT2D eigenvalue weighted by molar-refractivity contribution is -0.870. The highest BCUT2D eigenvalue weighted by Crippen LogP contribution is 2.43. The number of allylic oxidation sites excluding steroid dienone is 7. The van der Waals surface area contributed by atoms with Gasteiger partial charge < -0.3 is 19.8 Å². The Morgan fingerprint density at radius 3 is 1.69 bits per heavy atom. The van der Waals surface area contributed by atoms with Gasteiger partial charge in [0.15, 0.2) is 0 Å². The molecular formula is C43H82N2O6P+. The molecule has 304 valence electrons. The Bertz CT molecular complexity index is 991. The highest BCUT2D eigenvalue weighted by Gasteiger charge is 2.27. The van der Waals surface area contributed by atoms with Crippen LogP contribution in [0.3, 0.4) is 0 Å². The fourth-order valence-electron chi connectivity index (χ4n) is 5.61. The van der Waals surface area contributed by atoms with E-state index in [0.717, 1.165) is 51.4 Å². The zero-order chi connectivity index (χ0) is 38.6. The number of hydrogen-bond acceptors (Lipinski definition) is 5. The number of amides is 1. The fourth-order valence-corrected chi connectivity index (χ4v) is 6.35. The van der Waals surface area contributed by atoms with Gasteiger partial charge in [0.05, 0.1) is 39.9 Å². The smallest absolute Gasteiger partial charge is 0.387 e. The Hall–Kier alpha value is -1.54. The summed E-state index contributed by atoms with van der Waals surface area (Å²) >= 11 is 0. The summed E-state index contributed by atoms with van der Waals surface area (Å²) in [5, 5.41) is 13.8. The molecule has 0 saturated heterocycles. The molecule has 0 aliphatic rings. The lowest BCUT2D eigenvalue weighted by Crippen LogP contribution is -2.45. The number of nitrogens with zero attached hydrogens (tertiary/aromatic N) is 1. The van der Waals surface area contributed by atoms with E-state index in [-0.39, 0.29) is 19.1 Å². The molecule has 3 unspecified atom stereocenters. The van der Waals surface area contributed by atoms with Crippen LogP contribution in [0.15, 0.2) is 48.6 Å². The van der Waals surface area contributed by atoms with Crippen LogP contribution in [0.1, 0.15) is 168 Å². The maximum atomic E-state index is 12.8. The number of aliphatic hydroxyl groups excluding tert-OH is 1. The number of unbranched alkanes of at least 4 members (excludes halogenated alkanes) is 18. The van der Waals surface area contributed by atoms with Crippen molar-refractivity contribution >= 4 is 13.7 Å². The Balaban J connectivity index is 4.52. The lowest BCUT2D eigenvalue weighted by Gasteiger charge is -2.25. The number of likely N-dealkylation sites (N-methyl/N-ethyl adjacent to an activating group) is 1. The molecule has 0 aliphatic carbocycles. The van der Waals surface area contributed by atoms with Crippen molar-refractivity contribution in [2.45, 2.75) is 180 Å². The van der Waals surface area contributed by atoms with E-state index in [0.29, 0.717) is 17.4 Å². The van der Waals surface area contributed by atoms with Gasteiger partial charge in [0.2, 0.25) is 5.91 Å². The van der Waals surface area contributed by atoms with Crippen molar-refractivity contribution in [2.24, 2.45) is 0 Å². The van der Waals surface area contributed by atoms with Gasteiger partial charge in [-0.3, -0.25) is 13.8 Å². The van der Waals surface area contributed by atoms with Gasteiger partial charge in [0.1, 0.15) is 13.2 Å². The van der Waals surface area contributed by atoms with Gasteiger partial charge in [0.25, 0.3) is 0 Å². The van der Waals surface area contributed by atoms with Gasteiger partial charge in [-0.1, -0.05) is 146 Å². The van der Waals surface area contributed by atoms with Crippen molar-refractivity contribution in [1.29, 1.82) is 0 Å². The highest BCUT2D eigenvalue weighted by atomic mass is 31.2. The van der Waals surface area contributed by atoms with E-state index in [1.165, 1.54) is 96.3 Å². The molecule has 0 aliphatic heterocycles. The Morgan fingerprint density at radius 2 is 1.12 bits per heavy atom. The number of quaternary nitrogens is 1. The molecule has 9 heteroatoms. The molecule has 3 N–H and O–H groups in total. The number of carbonyl (C=O) groups is 1. The van der Waals surface area contributed by atoms with Gasteiger partial charge >= 0.3 is 7.82 Å². The van der Waals surface area contributed by atoms with Gasteiger partial charge in [0, 0.05) is 6.42 Å². The van der Waals surface area contributed by atoms with Crippen LogP contribution >= 0.6 is 7.82 Å². The van der Waals surface area contributed by atoms with Crippen molar-refractivity contribution in [3.8, 4) is 0 Å². The van der Waals surface area contributed by atoms with Crippen LogP contribution in [0, 0.1) is 0 Å². The maximum absolute atomic E-state index is 12.8. The third-order valence-electron chi connectivity index (χ3n) is 9.02. The third kappa shape index (κ3) is 36.8. The number of nitrogens with one attached hydrogen (secondary N) is 1. The minimum Gasteiger partial charge on any atom is -0.387 e. The zero-order valence-electron chi connectivity index (χ0n) is 34.3. The molecule has 8 nitrogen and oxygen atoms in total. The predicted molar refractivity (Wildman–Crippen MR) is 221 cm³/mol. The van der Waals surface area contributed by atoms with E-state index in [2.05, 4.69) is 55.6 Å². The number of phosphoric acid groups is 1. The molecule has 0 aromatic carbocycles. The van der Waals surface area contributed by atoms with E-state index in [1.807, 2.05) is 27.2 Å². The molecule has 0 bridgehead atoms. The highest BCUT2D eigenvalue weighted by molar-refractivity contribution is 7.47. The summed E-state index contributed by atoms with van der Waals surface area (Å²) in [7, 11) is 1.54. The Kier molecular flexibility index (Phi) is 34.1. The molecular weight excluding hydrogens is 671 g/mol. The summed E-state index contributed by atoms with van der Waals surface area (Å²) in [6, 6.07) is -0.866. The summed E-state index contributed by atoms with van der Waals surface area (Å²) in [5.74, 6) is -0.198. The first kappa shape index (κ1) is 50.5. The first-order chi connectivity index (χ1) is 25.0. The van der Waals surface area contributed by atoms with Gasteiger partial charge in [-0.25, -0.2) is 4.57 Å². The van der Waals surface area contributed by atoms with Crippen LogP contribution in [0.25, 0.3) is 0 Å². The SMILES string of the molecule is CCCCC/C=C\C/C=C\CCCCCCCCCC(=O)NC(COP(=O)(O)OCC[N+](C)(C)C)C(O)/C=C/CC/C=C/CCCCCCCCC. The van der Waals surface area contributed by atoms with Crippen LogP contribution in [0.4, 0.5) is 0 Å². The van der Waals surface area contributed by atoms with Crippen LogP contribution in [0.5, 0.6) is 0 Å². The first-order valence-electron chi connectivity index (χ1n) is 21.0. The fraction of sp³-hybridized carbons (Fsp3) is 0.791. The number of rotatable bonds is 37. The number of carbonyl (C=O) groups excluding carboxylic acids is 1. The summed E-state index contributed by atoms with van der Waals surface area (Å²) in [6.45, 7) is 4.73. The second kappa shape index (κ2) is 35.2. The van der Waals surface area contributed by atoms with Crippen molar-refractivity contribution in [2.75, 3.05) is 40.9 Å². The minimum absolute atomic E-state index is 0.0530. The Labute approximate surface area is 320 Å². The van der Waals surface area contributed by atoms with Gasteiger partial charge in [-0.05, 0) is 64.2 Å². The molecule has 0 aromatic heterocycles. The van der Waals surface area contributed by atoms with E-state index in [4.69, 9.17) is 9.05 Å². The summed E-state index contributed by atoms with van der Waals surface area (Å²) < 4.78 is 23.5. The molecule has 0 heterocycles. The second-order valence-corrected chi connectivity index (χ2v) is 16.8. The number of phosphoric ester groups is 1. The molecule has 0 fully saturated rings. The minimum atomic E-state index is -4.34. The zero-order valence-corrected chi connectivity index (χ0v) is 35.2. The molecule has 0 saturated carbocycles. The first-order valence-corrected chi connectivity index (χ1v) is 22.5. The van der Waals surface area contributed by atoms with Crippen molar-refractivity contribution in [3.05, 3.63) is 48.6 Å². The molecule has 52 heavy (non-hydrogen) atoms. The molecule has 0 radical (unpaired) electrons. The standard InChI is InChI=1S/C43H81N2O6P/c1-6-8-10-12-14-16-18-20-21-22-23-25-27-29-31-33-35-37-43(47)44-41(40-51-52(48,49)50-39-38-45(3,4)5)42(46)36-34-32-30-28-26-24-19-17-15-13-11-9-7-2/h14,16,20-21,26,28,34,36,41-42,46H,6-13,15,17-19,22-25,27,29-33,35,37-40H2,1-5H3,(H-,44,47,48,49)/p+1/b16-14-,21-20-,28-26+,36-34+. The molecule has 3 atom stereocenters. The van der Waals surface area contributed by atoms with Crippen molar-refractivity contribution in [1.82, 2.24) is 5.32 Å². The van der Waals surface area contributed by atoms with Crippen LogP contribution in [-0.2, 0) is 18.4 Å². The molecule has 0 rings (SSSR count). The monoisotopic (exact) mass is 754 g/mol. The van der Waals surface area contributed by atoms with Crippen molar-refractivity contribution < 1.29 is 32.9 Å². The van der Waals surface area contributed by atoms with Gasteiger partial charge in [-0.15, -0.1) is 0 Å². The van der Waals surface area contributed by atoms with Crippen LogP contribution in [0.2, 0.25) is 0 Å². The topological polar surface area (TPSA) is 105 Å². The lowest BCUT2D eigenvalue weighted by atomic mass is 10.1. The van der Waals surface area contributed by atoms with E-state index < -0.39 is 20.0 Å². The summed E-state index contributed by atoms with van der Waals surface area (Å²) in [6.07, 6.45) is 43.2. The second-order valence-electron chi connectivity index (χ2n) is 15.4. The van der Waals surface area contributed by atoms with Crippen molar-refractivity contribution in [3.63, 3.8) is 0 Å². The average molecular weight is 754 g/mol. The quantitative estimate of drug-likeness (QED) is 0.0252. The predicted octanol–water partition coefficient (Wildman–Crippen LogP) is 11.3. The number of hydrogen-bond donors (Lipinski definition) is 3. The van der Waals surface area contributed by atoms with Crippen LogP contribution in [-0.4, -0.2) is 73.4 Å². The number of aliphatic hydroxyl groups is 1. The summed E-state index contributed by atoms with van der Waals surface area (Å²) in [5.41, 5.74) is 0. The van der Waals surface area contributed by atoms with E-state index in [9.17, 15) is 19.4 Å².